The fraction of sp³-hybridized carbons (Fsp3) is 0.0833. The van der Waals surface area contributed by atoms with Crippen LogP contribution >= 0.6 is 0 Å². The third kappa shape index (κ3) is 3.55. The fourth-order valence-electron chi connectivity index (χ4n) is 3.36. The summed E-state index contributed by atoms with van der Waals surface area (Å²) in [6.07, 6.45) is 0. The average Bonchev–Trinajstić information content (AvgIpc) is 2.98. The van der Waals surface area contributed by atoms with E-state index in [1.54, 1.807) is 31.4 Å². The molecule has 6 heteroatoms. The SMILES string of the molecule is COc1ccc(C2=C(Nc3cccc(C)c3)C(=O)N(c3ccc(F)cc3)C2=O)cc1. The molecule has 2 amide bonds. The molecule has 0 saturated heterocycles. The van der Waals surface area contributed by atoms with E-state index in [4.69, 9.17) is 4.74 Å². The van der Waals surface area contributed by atoms with Crippen LogP contribution in [0.1, 0.15) is 11.1 Å². The first-order valence-corrected chi connectivity index (χ1v) is 9.34. The molecule has 0 radical (unpaired) electrons. The van der Waals surface area contributed by atoms with Crippen LogP contribution in [-0.2, 0) is 9.59 Å². The Hall–Kier alpha value is -3.93. The number of amides is 2. The molecule has 0 unspecified atom stereocenters. The number of benzene rings is 3. The minimum atomic E-state index is -0.501. The second kappa shape index (κ2) is 7.83. The molecule has 150 valence electrons. The third-order valence-electron chi connectivity index (χ3n) is 4.83. The molecular weight excluding hydrogens is 383 g/mol. The zero-order chi connectivity index (χ0) is 21.3. The second-order valence-corrected chi connectivity index (χ2v) is 6.90. The van der Waals surface area contributed by atoms with Gasteiger partial charge in [-0.25, -0.2) is 9.29 Å². The number of imide groups is 1. The molecule has 0 aromatic heterocycles. The van der Waals surface area contributed by atoms with Gasteiger partial charge in [0.1, 0.15) is 17.3 Å². The Labute approximate surface area is 173 Å². The molecule has 1 heterocycles. The van der Waals surface area contributed by atoms with E-state index < -0.39 is 17.6 Å². The van der Waals surface area contributed by atoms with Gasteiger partial charge in [-0.15, -0.1) is 0 Å². The van der Waals surface area contributed by atoms with Crippen molar-refractivity contribution in [1.82, 2.24) is 0 Å². The maximum atomic E-state index is 13.4. The van der Waals surface area contributed by atoms with Crippen molar-refractivity contribution >= 4 is 28.8 Å². The predicted molar refractivity (Wildman–Crippen MR) is 114 cm³/mol. The lowest BCUT2D eigenvalue weighted by atomic mass is 10.0. The maximum absolute atomic E-state index is 13.4. The summed E-state index contributed by atoms with van der Waals surface area (Å²) < 4.78 is 18.5. The topological polar surface area (TPSA) is 58.6 Å². The first-order chi connectivity index (χ1) is 14.5. The largest absolute Gasteiger partial charge is 0.497 e. The Bertz CT molecular complexity index is 1150. The van der Waals surface area contributed by atoms with Crippen LogP contribution in [0.5, 0.6) is 5.75 Å². The average molecular weight is 402 g/mol. The van der Waals surface area contributed by atoms with Gasteiger partial charge in [-0.2, -0.15) is 0 Å². The van der Waals surface area contributed by atoms with Crippen molar-refractivity contribution in [3.63, 3.8) is 0 Å². The highest BCUT2D eigenvalue weighted by molar-refractivity contribution is 6.46. The molecule has 0 fully saturated rings. The van der Waals surface area contributed by atoms with Crippen molar-refractivity contribution < 1.29 is 18.7 Å². The third-order valence-corrected chi connectivity index (χ3v) is 4.83. The number of rotatable bonds is 5. The molecule has 5 nitrogen and oxygen atoms in total. The van der Waals surface area contributed by atoms with Gasteiger partial charge in [0.2, 0.25) is 0 Å². The maximum Gasteiger partial charge on any atom is 0.282 e. The highest BCUT2D eigenvalue weighted by Gasteiger charge is 2.40. The van der Waals surface area contributed by atoms with E-state index in [2.05, 4.69) is 5.32 Å². The van der Waals surface area contributed by atoms with Crippen molar-refractivity contribution in [2.45, 2.75) is 6.92 Å². The van der Waals surface area contributed by atoms with Crippen LogP contribution in [0.25, 0.3) is 5.57 Å². The number of anilines is 2. The van der Waals surface area contributed by atoms with Crippen LogP contribution in [-0.4, -0.2) is 18.9 Å². The molecule has 0 aliphatic carbocycles. The van der Waals surface area contributed by atoms with Crippen LogP contribution < -0.4 is 15.0 Å². The molecule has 0 bridgehead atoms. The number of nitrogens with zero attached hydrogens (tertiary/aromatic N) is 1. The number of methoxy groups -OCH3 is 1. The number of halogens is 1. The van der Waals surface area contributed by atoms with Gasteiger partial charge in [0.25, 0.3) is 11.8 Å². The summed E-state index contributed by atoms with van der Waals surface area (Å²) >= 11 is 0. The molecule has 1 aliphatic rings. The van der Waals surface area contributed by atoms with E-state index in [-0.39, 0.29) is 11.3 Å². The lowest BCUT2D eigenvalue weighted by Crippen LogP contribution is -2.32. The number of aryl methyl sites for hydroxylation is 1. The highest BCUT2D eigenvalue weighted by Crippen LogP contribution is 2.34. The van der Waals surface area contributed by atoms with Crippen LogP contribution in [0.15, 0.2) is 78.5 Å². The van der Waals surface area contributed by atoms with Crippen molar-refractivity contribution in [1.29, 1.82) is 0 Å². The summed E-state index contributed by atoms with van der Waals surface area (Å²) in [5.74, 6) is -0.787. The van der Waals surface area contributed by atoms with Gasteiger partial charge in [0.05, 0.1) is 18.4 Å². The molecule has 0 atom stereocenters. The number of carbonyl (C=O) groups is 2. The first kappa shape index (κ1) is 19.4. The smallest absolute Gasteiger partial charge is 0.282 e. The van der Waals surface area contributed by atoms with Gasteiger partial charge in [-0.05, 0) is 66.6 Å². The zero-order valence-electron chi connectivity index (χ0n) is 16.5. The number of carbonyl (C=O) groups excluding carboxylic acids is 2. The molecule has 3 aromatic rings. The Balaban J connectivity index is 1.81. The van der Waals surface area contributed by atoms with E-state index in [1.807, 2.05) is 31.2 Å². The molecule has 1 N–H and O–H groups in total. The Morgan fingerprint density at radius 3 is 2.23 bits per heavy atom. The summed E-state index contributed by atoms with van der Waals surface area (Å²) in [4.78, 5) is 27.6. The van der Waals surface area contributed by atoms with E-state index in [0.717, 1.165) is 10.5 Å². The van der Waals surface area contributed by atoms with Gasteiger partial charge in [0, 0.05) is 5.69 Å². The molecule has 0 saturated carbocycles. The van der Waals surface area contributed by atoms with Crippen molar-refractivity contribution in [3.05, 3.63) is 95.4 Å². The van der Waals surface area contributed by atoms with Crippen molar-refractivity contribution in [3.8, 4) is 5.75 Å². The van der Waals surface area contributed by atoms with E-state index in [9.17, 15) is 14.0 Å². The molecule has 1 aliphatic heterocycles. The standard InChI is InChI=1S/C24H19FN2O3/c1-15-4-3-5-18(14-15)26-22-21(16-6-12-20(30-2)13-7-16)23(28)27(24(22)29)19-10-8-17(25)9-11-19/h3-14,26H,1-2H3. The van der Waals surface area contributed by atoms with Crippen molar-refractivity contribution in [2.75, 3.05) is 17.3 Å². The summed E-state index contributed by atoms with van der Waals surface area (Å²) in [6, 6.07) is 19.7. The van der Waals surface area contributed by atoms with Crippen LogP contribution in [0.4, 0.5) is 15.8 Å². The van der Waals surface area contributed by atoms with Gasteiger partial charge >= 0.3 is 0 Å². The number of ether oxygens (including phenoxy) is 1. The quantitative estimate of drug-likeness (QED) is 0.637. The van der Waals surface area contributed by atoms with Crippen LogP contribution in [0, 0.1) is 12.7 Å². The predicted octanol–water partition coefficient (Wildman–Crippen LogP) is 4.54. The zero-order valence-corrected chi connectivity index (χ0v) is 16.5. The normalized spacial score (nSPS) is 13.8. The van der Waals surface area contributed by atoms with Crippen LogP contribution in [0.2, 0.25) is 0 Å². The first-order valence-electron chi connectivity index (χ1n) is 9.34. The van der Waals surface area contributed by atoms with Gasteiger partial charge in [-0.3, -0.25) is 9.59 Å². The van der Waals surface area contributed by atoms with E-state index >= 15 is 0 Å². The highest BCUT2D eigenvalue weighted by atomic mass is 19.1. The van der Waals surface area contributed by atoms with Gasteiger partial charge in [0.15, 0.2) is 0 Å². The monoisotopic (exact) mass is 402 g/mol. The lowest BCUT2D eigenvalue weighted by molar-refractivity contribution is -0.120. The molecule has 3 aromatic carbocycles. The van der Waals surface area contributed by atoms with Gasteiger partial charge in [-0.1, -0.05) is 24.3 Å². The summed E-state index contributed by atoms with van der Waals surface area (Å²) in [7, 11) is 1.56. The molecule has 0 spiro atoms. The Morgan fingerprint density at radius 1 is 0.900 bits per heavy atom. The number of nitrogens with one attached hydrogen (secondary N) is 1. The number of hydrogen-bond acceptors (Lipinski definition) is 4. The fourth-order valence-corrected chi connectivity index (χ4v) is 3.36. The minimum Gasteiger partial charge on any atom is -0.497 e. The molecular formula is C24H19FN2O3. The second-order valence-electron chi connectivity index (χ2n) is 6.90. The van der Waals surface area contributed by atoms with Crippen molar-refractivity contribution in [2.24, 2.45) is 0 Å². The van der Waals surface area contributed by atoms with Crippen LogP contribution in [0.3, 0.4) is 0 Å². The Kier molecular flexibility index (Phi) is 5.06. The van der Waals surface area contributed by atoms with E-state index in [0.29, 0.717) is 22.7 Å². The molecule has 30 heavy (non-hydrogen) atoms. The molecule has 4 rings (SSSR count). The Morgan fingerprint density at radius 2 is 1.60 bits per heavy atom. The van der Waals surface area contributed by atoms with Gasteiger partial charge < -0.3 is 10.1 Å². The summed E-state index contributed by atoms with van der Waals surface area (Å²) in [5, 5.41) is 3.11. The number of hydrogen-bond donors (Lipinski definition) is 1. The summed E-state index contributed by atoms with van der Waals surface area (Å²) in [6.45, 7) is 1.94. The lowest BCUT2D eigenvalue weighted by Gasteiger charge is -2.15. The minimum absolute atomic E-state index is 0.167. The summed E-state index contributed by atoms with van der Waals surface area (Å²) in [5.41, 5.74) is 3.00. The van der Waals surface area contributed by atoms with E-state index in [1.165, 1.54) is 24.3 Å².